The van der Waals surface area contributed by atoms with E-state index in [9.17, 15) is 9.59 Å². The van der Waals surface area contributed by atoms with E-state index in [0.717, 1.165) is 29.9 Å². The largest absolute Gasteiger partial charge is 0.465 e. The molecule has 2 atom stereocenters. The van der Waals surface area contributed by atoms with Crippen LogP contribution in [0.25, 0.3) is 10.4 Å². The smallest absolute Gasteiger partial charge is 0.350 e. The Morgan fingerprint density at radius 2 is 1.77 bits per heavy atom. The van der Waals surface area contributed by atoms with Gasteiger partial charge in [0.15, 0.2) is 5.78 Å². The van der Waals surface area contributed by atoms with Crippen molar-refractivity contribution < 1.29 is 19.1 Å². The maximum Gasteiger partial charge on any atom is 0.350 e. The minimum atomic E-state index is -0.401. The van der Waals surface area contributed by atoms with Crippen molar-refractivity contribution in [2.45, 2.75) is 47.5 Å². The third-order valence-electron chi connectivity index (χ3n) is 5.04. The average molecular weight is 448 g/mol. The molecule has 0 amide bonds. The van der Waals surface area contributed by atoms with E-state index in [1.165, 1.54) is 18.4 Å². The van der Waals surface area contributed by atoms with E-state index in [1.54, 1.807) is 0 Å². The van der Waals surface area contributed by atoms with Gasteiger partial charge in [-0.05, 0) is 30.4 Å². The first-order chi connectivity index (χ1) is 15.0. The molecule has 0 bridgehead atoms. The molecular formula is C25H37NO4S. The van der Waals surface area contributed by atoms with Crippen molar-refractivity contribution in [2.75, 3.05) is 32.2 Å². The summed E-state index contributed by atoms with van der Waals surface area (Å²) < 4.78 is 10.5. The SMILES string of the molecule is CC.CCCOCCC(C)C(C)C(=O)CNc1cc(-c2ccccc2)sc1C(=O)OC. The number of thiophene rings is 1. The molecule has 6 heteroatoms. The second-order valence-electron chi connectivity index (χ2n) is 7.20. The molecule has 0 aliphatic heterocycles. The summed E-state index contributed by atoms with van der Waals surface area (Å²) in [5.74, 6) is -0.122. The second-order valence-corrected chi connectivity index (χ2v) is 8.25. The molecule has 5 nitrogen and oxygen atoms in total. The highest BCUT2D eigenvalue weighted by atomic mass is 32.1. The molecule has 1 aromatic heterocycles. The molecule has 0 saturated heterocycles. The van der Waals surface area contributed by atoms with Crippen molar-refractivity contribution in [3.05, 3.63) is 41.3 Å². The number of ketones is 1. The van der Waals surface area contributed by atoms with Crippen molar-refractivity contribution in [1.82, 2.24) is 0 Å². The van der Waals surface area contributed by atoms with E-state index in [1.807, 2.05) is 57.2 Å². The molecule has 2 unspecified atom stereocenters. The fraction of sp³-hybridized carbons (Fsp3) is 0.520. The molecule has 0 aliphatic rings. The number of esters is 1. The first-order valence-corrected chi connectivity index (χ1v) is 11.9. The fourth-order valence-corrected chi connectivity index (χ4v) is 4.00. The Bertz CT molecular complexity index is 788. The van der Waals surface area contributed by atoms with Crippen LogP contribution in [-0.2, 0) is 14.3 Å². The van der Waals surface area contributed by atoms with Crippen molar-refractivity contribution in [1.29, 1.82) is 0 Å². The Labute approximate surface area is 191 Å². The summed E-state index contributed by atoms with van der Waals surface area (Å²) in [4.78, 5) is 26.3. The van der Waals surface area contributed by atoms with E-state index in [2.05, 4.69) is 19.2 Å². The number of hydrogen-bond donors (Lipinski definition) is 1. The van der Waals surface area contributed by atoms with Gasteiger partial charge in [-0.1, -0.05) is 65.0 Å². The van der Waals surface area contributed by atoms with Gasteiger partial charge in [0.2, 0.25) is 0 Å². The van der Waals surface area contributed by atoms with E-state index < -0.39 is 5.97 Å². The lowest BCUT2D eigenvalue weighted by atomic mass is 9.89. The molecule has 172 valence electrons. The first-order valence-electron chi connectivity index (χ1n) is 11.1. The molecule has 2 rings (SSSR count). The van der Waals surface area contributed by atoms with Crippen LogP contribution in [0.4, 0.5) is 5.69 Å². The molecule has 31 heavy (non-hydrogen) atoms. The minimum absolute atomic E-state index is 0.0819. The van der Waals surface area contributed by atoms with Crippen LogP contribution in [0.2, 0.25) is 0 Å². The van der Waals surface area contributed by atoms with Gasteiger partial charge in [-0.2, -0.15) is 0 Å². The van der Waals surface area contributed by atoms with Gasteiger partial charge in [0.05, 0.1) is 19.3 Å². The molecule has 1 N–H and O–H groups in total. The van der Waals surface area contributed by atoms with Crippen molar-refractivity contribution in [2.24, 2.45) is 11.8 Å². The number of Topliss-reactive ketones (excluding diaryl/α,β-unsaturated/α-hetero) is 1. The monoisotopic (exact) mass is 447 g/mol. The summed E-state index contributed by atoms with van der Waals surface area (Å²) in [5.41, 5.74) is 1.66. The van der Waals surface area contributed by atoms with Gasteiger partial charge in [-0.3, -0.25) is 4.79 Å². The molecular weight excluding hydrogens is 410 g/mol. The summed E-state index contributed by atoms with van der Waals surface area (Å²) >= 11 is 1.36. The Morgan fingerprint density at radius 1 is 1.10 bits per heavy atom. The van der Waals surface area contributed by atoms with Gasteiger partial charge < -0.3 is 14.8 Å². The highest BCUT2D eigenvalue weighted by molar-refractivity contribution is 7.18. The number of ether oxygens (including phenoxy) is 2. The van der Waals surface area contributed by atoms with Crippen molar-refractivity contribution >= 4 is 28.8 Å². The van der Waals surface area contributed by atoms with Crippen LogP contribution < -0.4 is 5.32 Å². The number of benzene rings is 1. The normalized spacial score (nSPS) is 12.3. The number of nitrogens with one attached hydrogen (secondary N) is 1. The van der Waals surface area contributed by atoms with Crippen LogP contribution >= 0.6 is 11.3 Å². The predicted octanol–water partition coefficient (Wildman–Crippen LogP) is 6.30. The van der Waals surface area contributed by atoms with Crippen molar-refractivity contribution in [3.63, 3.8) is 0 Å². The van der Waals surface area contributed by atoms with Crippen LogP contribution in [0.5, 0.6) is 0 Å². The fourth-order valence-electron chi connectivity index (χ4n) is 2.94. The standard InChI is InChI=1S/C23H31NO4S.C2H6/c1-5-12-28-13-11-16(2)17(3)20(25)15-24-19-14-21(18-9-7-6-8-10-18)29-22(19)23(26)27-4;1-2/h6-10,14,16-17,24H,5,11-13,15H2,1-4H3;1-2H3. The number of methoxy groups -OCH3 is 1. The molecule has 0 radical (unpaired) electrons. The number of rotatable bonds is 12. The topological polar surface area (TPSA) is 64.6 Å². The molecule has 0 fully saturated rings. The second kappa shape index (κ2) is 14.8. The lowest BCUT2D eigenvalue weighted by molar-refractivity contribution is -0.122. The summed E-state index contributed by atoms with van der Waals surface area (Å²) in [6.07, 6.45) is 1.86. The lowest BCUT2D eigenvalue weighted by Gasteiger charge is -2.19. The van der Waals surface area contributed by atoms with Crippen LogP contribution in [0.15, 0.2) is 36.4 Å². The van der Waals surface area contributed by atoms with Crippen LogP contribution in [-0.4, -0.2) is 38.6 Å². The zero-order valence-corrected chi connectivity index (χ0v) is 20.5. The quantitative estimate of drug-likeness (QED) is 0.306. The number of anilines is 1. The third-order valence-corrected chi connectivity index (χ3v) is 6.21. The number of carbonyl (C=O) groups is 2. The van der Waals surface area contributed by atoms with E-state index in [0.29, 0.717) is 17.2 Å². The Balaban J connectivity index is 0.00000233. The highest BCUT2D eigenvalue weighted by Crippen LogP contribution is 2.35. The molecule has 0 saturated carbocycles. The zero-order valence-electron chi connectivity index (χ0n) is 19.7. The maximum absolute atomic E-state index is 12.7. The Hall–Kier alpha value is -2.18. The lowest BCUT2D eigenvalue weighted by Crippen LogP contribution is -2.26. The van der Waals surface area contributed by atoms with Crippen molar-refractivity contribution in [3.8, 4) is 10.4 Å². The Morgan fingerprint density at radius 3 is 2.39 bits per heavy atom. The van der Waals surface area contributed by atoms with Gasteiger partial charge in [-0.25, -0.2) is 4.79 Å². The molecule has 1 aromatic carbocycles. The Kier molecular flexibility index (Phi) is 12.8. The summed E-state index contributed by atoms with van der Waals surface area (Å²) in [6.45, 7) is 11.7. The van der Waals surface area contributed by atoms with Gasteiger partial charge in [-0.15, -0.1) is 11.3 Å². The van der Waals surface area contributed by atoms with Gasteiger partial charge >= 0.3 is 5.97 Å². The van der Waals surface area contributed by atoms with Gasteiger partial charge in [0, 0.05) is 24.0 Å². The van der Waals surface area contributed by atoms with E-state index in [-0.39, 0.29) is 24.2 Å². The van der Waals surface area contributed by atoms with E-state index in [4.69, 9.17) is 9.47 Å². The molecule has 0 spiro atoms. The summed E-state index contributed by atoms with van der Waals surface area (Å²) in [7, 11) is 1.36. The van der Waals surface area contributed by atoms with Crippen LogP contribution in [0.1, 0.15) is 57.1 Å². The minimum Gasteiger partial charge on any atom is -0.465 e. The first kappa shape index (κ1) is 26.9. The summed E-state index contributed by atoms with van der Waals surface area (Å²) in [5, 5.41) is 3.16. The van der Waals surface area contributed by atoms with Gasteiger partial charge in [0.25, 0.3) is 0 Å². The maximum atomic E-state index is 12.7. The van der Waals surface area contributed by atoms with Crippen LogP contribution in [0, 0.1) is 11.8 Å². The van der Waals surface area contributed by atoms with E-state index >= 15 is 0 Å². The summed E-state index contributed by atoms with van der Waals surface area (Å²) in [6, 6.07) is 11.8. The molecule has 1 heterocycles. The molecule has 0 aliphatic carbocycles. The number of hydrogen-bond acceptors (Lipinski definition) is 6. The molecule has 2 aromatic rings. The van der Waals surface area contributed by atoms with Gasteiger partial charge in [0.1, 0.15) is 4.88 Å². The number of carbonyl (C=O) groups excluding carboxylic acids is 2. The predicted molar refractivity (Wildman–Crippen MR) is 130 cm³/mol. The average Bonchev–Trinajstić information content (AvgIpc) is 3.25. The highest BCUT2D eigenvalue weighted by Gasteiger charge is 2.22. The van der Waals surface area contributed by atoms with Crippen LogP contribution in [0.3, 0.4) is 0 Å². The third kappa shape index (κ3) is 8.46. The zero-order chi connectivity index (χ0) is 23.2.